The molecular formula is C24H45NO5. The van der Waals surface area contributed by atoms with Crippen molar-refractivity contribution in [2.24, 2.45) is 16.2 Å². The molecule has 0 saturated heterocycles. The Balaban J connectivity index is -0.000000372. The van der Waals surface area contributed by atoms with Gasteiger partial charge < -0.3 is 9.47 Å². The zero-order valence-corrected chi connectivity index (χ0v) is 21.0. The molecule has 30 heavy (non-hydrogen) atoms. The van der Waals surface area contributed by atoms with Crippen LogP contribution in [0.15, 0.2) is 0 Å². The fraction of sp³-hybridized carbons (Fsp3) is 0.833. The fourth-order valence-corrected chi connectivity index (χ4v) is 3.20. The zero-order chi connectivity index (χ0) is 24.4. The largest absolute Gasteiger partial charge is 0.466 e. The number of rotatable bonds is 10. The first-order valence-electron chi connectivity index (χ1n) is 10.8. The average Bonchev–Trinajstić information content (AvgIpc) is 2.68. The minimum absolute atomic E-state index is 0.0920. The molecule has 6 heteroatoms. The van der Waals surface area contributed by atoms with E-state index < -0.39 is 11.4 Å². The number of ketones is 1. The van der Waals surface area contributed by atoms with E-state index in [1.165, 1.54) is 20.0 Å². The summed E-state index contributed by atoms with van der Waals surface area (Å²) in [5, 5.41) is 8.94. The van der Waals surface area contributed by atoms with Crippen molar-refractivity contribution < 1.29 is 23.9 Å². The van der Waals surface area contributed by atoms with E-state index >= 15 is 0 Å². The van der Waals surface area contributed by atoms with Gasteiger partial charge in [-0.05, 0) is 30.1 Å². The standard InChI is InChI=1S/C10H17NO.C10H22.C4H6O4/c1-4-7-10(6-3,8-11)9(12)5-2;1-7-10(5,6)8-9(2,3)4;1-7-4(6)2-8-3-5/h4-7H2,1-3H3;7-8H2,1-6H3;3H,2H2,1H3. The maximum absolute atomic E-state index is 11.5. The van der Waals surface area contributed by atoms with Crippen LogP contribution in [0.2, 0.25) is 0 Å². The van der Waals surface area contributed by atoms with Crippen LogP contribution < -0.4 is 0 Å². The van der Waals surface area contributed by atoms with Gasteiger partial charge in [-0.25, -0.2) is 4.79 Å². The quantitative estimate of drug-likeness (QED) is 0.319. The molecule has 0 N–H and O–H groups in total. The number of ether oxygens (including phenoxy) is 2. The number of carbonyl (C=O) groups is 3. The van der Waals surface area contributed by atoms with Gasteiger partial charge >= 0.3 is 5.97 Å². The number of esters is 1. The molecule has 0 fully saturated rings. The lowest BCUT2D eigenvalue weighted by Gasteiger charge is -2.31. The number of hydrogen-bond donors (Lipinski definition) is 0. The summed E-state index contributed by atoms with van der Waals surface area (Å²) in [6.07, 6.45) is 5.31. The Morgan fingerprint density at radius 1 is 1.00 bits per heavy atom. The van der Waals surface area contributed by atoms with Gasteiger partial charge in [0, 0.05) is 6.42 Å². The van der Waals surface area contributed by atoms with Gasteiger partial charge in [-0.3, -0.25) is 9.59 Å². The molecule has 0 radical (unpaired) electrons. The molecule has 0 bridgehead atoms. The van der Waals surface area contributed by atoms with Crippen LogP contribution in [0.3, 0.4) is 0 Å². The lowest BCUT2D eigenvalue weighted by atomic mass is 9.75. The Labute approximate surface area is 184 Å². The van der Waals surface area contributed by atoms with Crippen LogP contribution >= 0.6 is 0 Å². The summed E-state index contributed by atoms with van der Waals surface area (Å²) in [7, 11) is 1.22. The van der Waals surface area contributed by atoms with E-state index in [0.29, 0.717) is 30.1 Å². The van der Waals surface area contributed by atoms with Crippen molar-refractivity contribution >= 4 is 18.2 Å². The molecule has 0 aromatic heterocycles. The topological polar surface area (TPSA) is 93.5 Å². The normalized spacial score (nSPS) is 12.6. The maximum Gasteiger partial charge on any atom is 0.343 e. The molecule has 0 amide bonds. The third-order valence-electron chi connectivity index (χ3n) is 4.81. The average molecular weight is 428 g/mol. The zero-order valence-electron chi connectivity index (χ0n) is 21.0. The molecular weight excluding hydrogens is 382 g/mol. The van der Waals surface area contributed by atoms with Crippen molar-refractivity contribution in [3.8, 4) is 6.07 Å². The molecule has 0 aromatic rings. The number of carbonyl (C=O) groups excluding carboxylic acids is 3. The Kier molecular flexibility index (Phi) is 18.4. The predicted molar refractivity (Wildman–Crippen MR) is 121 cm³/mol. The van der Waals surface area contributed by atoms with E-state index in [1.54, 1.807) is 0 Å². The number of hydrogen-bond acceptors (Lipinski definition) is 6. The van der Waals surface area contributed by atoms with Gasteiger partial charge in [0.25, 0.3) is 6.47 Å². The van der Waals surface area contributed by atoms with Gasteiger partial charge in [-0.1, -0.05) is 75.2 Å². The van der Waals surface area contributed by atoms with E-state index in [9.17, 15) is 14.4 Å². The van der Waals surface area contributed by atoms with Crippen molar-refractivity contribution in [2.75, 3.05) is 13.7 Å². The van der Waals surface area contributed by atoms with Crippen molar-refractivity contribution in [3.05, 3.63) is 0 Å². The van der Waals surface area contributed by atoms with Crippen LogP contribution in [-0.2, 0) is 23.9 Å². The summed E-state index contributed by atoms with van der Waals surface area (Å²) >= 11 is 0. The molecule has 0 aliphatic carbocycles. The molecule has 1 atom stereocenters. The van der Waals surface area contributed by atoms with Crippen molar-refractivity contribution in [1.29, 1.82) is 5.26 Å². The van der Waals surface area contributed by atoms with Crippen molar-refractivity contribution in [2.45, 2.75) is 101 Å². The van der Waals surface area contributed by atoms with Gasteiger partial charge in [0.15, 0.2) is 12.4 Å². The molecule has 176 valence electrons. The Morgan fingerprint density at radius 2 is 1.53 bits per heavy atom. The second-order valence-corrected chi connectivity index (χ2v) is 9.31. The minimum Gasteiger partial charge on any atom is -0.466 e. The molecule has 0 rings (SSSR count). The summed E-state index contributed by atoms with van der Waals surface area (Å²) in [5.41, 5.74) is 0.321. The molecule has 0 aliphatic heterocycles. The monoisotopic (exact) mass is 427 g/mol. The molecule has 1 unspecified atom stereocenters. The summed E-state index contributed by atoms with van der Waals surface area (Å²) in [4.78, 5) is 30.9. The summed E-state index contributed by atoms with van der Waals surface area (Å²) in [6.45, 7) is 19.5. The molecule has 0 aliphatic rings. The lowest BCUT2D eigenvalue weighted by molar-refractivity contribution is -0.150. The van der Waals surface area contributed by atoms with E-state index in [-0.39, 0.29) is 18.9 Å². The SMILES string of the molecule is CCC(C)(C)CC(C)(C)C.CCCC(C#N)(CC)C(=O)CC.COC(=O)COC=O. The minimum atomic E-state index is -0.691. The summed E-state index contributed by atoms with van der Waals surface area (Å²) < 4.78 is 8.16. The Bertz CT molecular complexity index is 529. The van der Waals surface area contributed by atoms with E-state index in [2.05, 4.69) is 57.1 Å². The van der Waals surface area contributed by atoms with Gasteiger partial charge in [0.1, 0.15) is 5.41 Å². The van der Waals surface area contributed by atoms with Crippen molar-refractivity contribution in [1.82, 2.24) is 0 Å². The lowest BCUT2D eigenvalue weighted by Crippen LogP contribution is -2.28. The number of Topliss-reactive ketones (excluding diaryl/α,β-unsaturated/α-hetero) is 1. The molecule has 0 aromatic carbocycles. The second kappa shape index (κ2) is 16.8. The van der Waals surface area contributed by atoms with Crippen LogP contribution in [0, 0.1) is 27.6 Å². The summed E-state index contributed by atoms with van der Waals surface area (Å²) in [6, 6.07) is 2.17. The first-order valence-corrected chi connectivity index (χ1v) is 10.8. The first kappa shape index (κ1) is 32.8. The first-order chi connectivity index (χ1) is 13.7. The smallest absolute Gasteiger partial charge is 0.343 e. The van der Waals surface area contributed by atoms with Crippen molar-refractivity contribution in [3.63, 3.8) is 0 Å². The highest BCUT2D eigenvalue weighted by Crippen LogP contribution is 2.35. The van der Waals surface area contributed by atoms with Crippen LogP contribution in [0.4, 0.5) is 0 Å². The van der Waals surface area contributed by atoms with Gasteiger partial charge in [-0.2, -0.15) is 5.26 Å². The van der Waals surface area contributed by atoms with Crippen LogP contribution in [0.1, 0.15) is 101 Å². The Hall–Kier alpha value is -1.90. The highest BCUT2D eigenvalue weighted by molar-refractivity contribution is 5.87. The van der Waals surface area contributed by atoms with Crippen LogP contribution in [-0.4, -0.2) is 31.9 Å². The second-order valence-electron chi connectivity index (χ2n) is 9.31. The Morgan fingerprint density at radius 3 is 1.77 bits per heavy atom. The predicted octanol–water partition coefficient (Wildman–Crippen LogP) is 5.88. The molecule has 6 nitrogen and oxygen atoms in total. The number of nitrogens with zero attached hydrogens (tertiary/aromatic N) is 1. The van der Waals surface area contributed by atoms with Crippen LogP contribution in [0.5, 0.6) is 0 Å². The highest BCUT2D eigenvalue weighted by Gasteiger charge is 2.33. The number of methoxy groups -OCH3 is 1. The third-order valence-corrected chi connectivity index (χ3v) is 4.81. The molecule has 0 heterocycles. The molecule has 0 saturated carbocycles. The van der Waals surface area contributed by atoms with Crippen LogP contribution in [0.25, 0.3) is 0 Å². The van der Waals surface area contributed by atoms with E-state index in [0.717, 1.165) is 6.42 Å². The van der Waals surface area contributed by atoms with Gasteiger partial charge in [0.2, 0.25) is 0 Å². The highest BCUT2D eigenvalue weighted by atomic mass is 16.6. The fourth-order valence-electron chi connectivity index (χ4n) is 3.20. The number of nitriles is 1. The maximum atomic E-state index is 11.5. The molecule has 0 spiro atoms. The third kappa shape index (κ3) is 17.0. The van der Waals surface area contributed by atoms with E-state index in [1.807, 2.05) is 20.8 Å². The van der Waals surface area contributed by atoms with Gasteiger partial charge in [-0.15, -0.1) is 0 Å². The van der Waals surface area contributed by atoms with Gasteiger partial charge in [0.05, 0.1) is 13.2 Å². The van der Waals surface area contributed by atoms with E-state index in [4.69, 9.17) is 5.26 Å². The summed E-state index contributed by atoms with van der Waals surface area (Å²) in [5.74, 6) is -0.466.